The van der Waals surface area contributed by atoms with Gasteiger partial charge in [0, 0.05) is 23.9 Å². The maximum Gasteiger partial charge on any atom is 0.255 e. The number of ether oxygens (including phenoxy) is 2. The lowest BCUT2D eigenvalue weighted by atomic mass is 10.1. The van der Waals surface area contributed by atoms with Crippen molar-refractivity contribution in [3.05, 3.63) is 96.2 Å². The number of para-hydroxylation sites is 2. The van der Waals surface area contributed by atoms with Gasteiger partial charge in [0.05, 0.1) is 16.9 Å². The van der Waals surface area contributed by atoms with Gasteiger partial charge >= 0.3 is 0 Å². The Bertz CT molecular complexity index is 1190. The molecule has 1 N–H and O–H groups in total. The highest BCUT2D eigenvalue weighted by atomic mass is 16.7. The maximum atomic E-state index is 12.8. The van der Waals surface area contributed by atoms with Gasteiger partial charge in [0.15, 0.2) is 11.5 Å². The van der Waals surface area contributed by atoms with Crippen LogP contribution in [0.15, 0.2) is 85.1 Å². The molecule has 4 aromatic rings. The molecule has 0 aliphatic carbocycles. The summed E-state index contributed by atoms with van der Waals surface area (Å²) in [5.41, 5.74) is 4.16. The summed E-state index contributed by atoms with van der Waals surface area (Å²) in [6.45, 7) is 0.460. The van der Waals surface area contributed by atoms with Gasteiger partial charge < -0.3 is 14.8 Å². The van der Waals surface area contributed by atoms with Crippen molar-refractivity contribution >= 4 is 5.91 Å². The highest BCUT2D eigenvalue weighted by molar-refractivity contribution is 5.98. The van der Waals surface area contributed by atoms with Crippen LogP contribution >= 0.6 is 0 Å². The number of carbonyl (C=O) groups is 1. The van der Waals surface area contributed by atoms with Crippen LogP contribution in [-0.4, -0.2) is 22.5 Å². The van der Waals surface area contributed by atoms with E-state index in [0.29, 0.717) is 23.6 Å². The number of carbonyl (C=O) groups excluding carboxylic acids is 1. The van der Waals surface area contributed by atoms with Crippen molar-refractivity contribution in [2.45, 2.75) is 6.54 Å². The average Bonchev–Trinajstić information content (AvgIpc) is 3.46. The number of benzene rings is 3. The Balaban J connectivity index is 1.44. The first-order valence-electron chi connectivity index (χ1n) is 9.66. The second-order valence-corrected chi connectivity index (χ2v) is 6.87. The van der Waals surface area contributed by atoms with Crippen LogP contribution in [0.2, 0.25) is 0 Å². The van der Waals surface area contributed by atoms with Gasteiger partial charge in [-0.2, -0.15) is 5.10 Å². The zero-order valence-corrected chi connectivity index (χ0v) is 16.1. The van der Waals surface area contributed by atoms with E-state index in [1.54, 1.807) is 18.2 Å². The summed E-state index contributed by atoms with van der Waals surface area (Å²) >= 11 is 0. The fourth-order valence-corrected chi connectivity index (χ4v) is 3.47. The summed E-state index contributed by atoms with van der Waals surface area (Å²) in [6, 6.07) is 25.1. The molecule has 0 fully saturated rings. The van der Waals surface area contributed by atoms with Gasteiger partial charge in [-0.3, -0.25) is 4.79 Å². The Morgan fingerprint density at radius 2 is 1.70 bits per heavy atom. The molecule has 1 aromatic heterocycles. The van der Waals surface area contributed by atoms with Crippen molar-refractivity contribution < 1.29 is 14.3 Å². The van der Waals surface area contributed by atoms with Crippen LogP contribution in [0.5, 0.6) is 11.5 Å². The smallest absolute Gasteiger partial charge is 0.255 e. The zero-order valence-electron chi connectivity index (χ0n) is 16.1. The molecule has 0 atom stereocenters. The molecule has 3 aromatic carbocycles. The minimum atomic E-state index is -0.219. The van der Waals surface area contributed by atoms with Crippen molar-refractivity contribution in [3.63, 3.8) is 0 Å². The fourth-order valence-electron chi connectivity index (χ4n) is 3.47. The Morgan fingerprint density at radius 3 is 2.50 bits per heavy atom. The first-order chi connectivity index (χ1) is 14.8. The summed E-state index contributed by atoms with van der Waals surface area (Å²) in [6.07, 6.45) is 1.95. The van der Waals surface area contributed by atoms with Crippen molar-refractivity contribution in [3.8, 4) is 28.4 Å². The zero-order chi connectivity index (χ0) is 20.3. The summed E-state index contributed by atoms with van der Waals surface area (Å²) in [5.74, 6) is 0.853. The lowest BCUT2D eigenvalue weighted by Gasteiger charge is -2.08. The van der Waals surface area contributed by atoms with E-state index in [9.17, 15) is 4.79 Å². The van der Waals surface area contributed by atoms with Crippen LogP contribution in [0, 0.1) is 0 Å². The Morgan fingerprint density at radius 1 is 0.933 bits per heavy atom. The molecule has 1 aliphatic rings. The van der Waals surface area contributed by atoms with E-state index in [0.717, 1.165) is 22.5 Å². The minimum Gasteiger partial charge on any atom is -0.454 e. The Labute approximate surface area is 173 Å². The molecule has 30 heavy (non-hydrogen) atoms. The molecule has 1 amide bonds. The number of amides is 1. The molecule has 0 radical (unpaired) electrons. The molecule has 6 nitrogen and oxygen atoms in total. The molecule has 0 spiro atoms. The lowest BCUT2D eigenvalue weighted by molar-refractivity contribution is 0.0946. The van der Waals surface area contributed by atoms with Gasteiger partial charge in [0.2, 0.25) is 6.79 Å². The summed E-state index contributed by atoms with van der Waals surface area (Å²) < 4.78 is 12.7. The Hall–Kier alpha value is -4.06. The van der Waals surface area contributed by atoms with Crippen LogP contribution in [0.25, 0.3) is 16.9 Å². The van der Waals surface area contributed by atoms with E-state index in [2.05, 4.69) is 5.32 Å². The highest BCUT2D eigenvalue weighted by Gasteiger charge is 2.22. The molecule has 6 heteroatoms. The molecular formula is C24H19N3O3. The third-order valence-electron chi connectivity index (χ3n) is 4.94. The normalized spacial score (nSPS) is 12.0. The minimum absolute atomic E-state index is 0.127. The van der Waals surface area contributed by atoms with E-state index in [4.69, 9.17) is 14.6 Å². The van der Waals surface area contributed by atoms with Gasteiger partial charge in [0.25, 0.3) is 5.91 Å². The van der Waals surface area contributed by atoms with E-state index in [1.807, 2.05) is 71.5 Å². The summed E-state index contributed by atoms with van der Waals surface area (Å²) in [4.78, 5) is 12.8. The van der Waals surface area contributed by atoms with Gasteiger partial charge in [-0.15, -0.1) is 0 Å². The summed E-state index contributed by atoms with van der Waals surface area (Å²) in [7, 11) is 0. The molecule has 2 heterocycles. The van der Waals surface area contributed by atoms with Crippen LogP contribution in [0.1, 0.15) is 15.9 Å². The molecular weight excluding hydrogens is 378 g/mol. The van der Waals surface area contributed by atoms with Gasteiger partial charge in [-0.25, -0.2) is 4.68 Å². The Kier molecular flexibility index (Phi) is 4.65. The molecule has 5 rings (SSSR count). The molecule has 0 saturated heterocycles. The monoisotopic (exact) mass is 397 g/mol. The van der Waals surface area contributed by atoms with Crippen molar-refractivity contribution in [2.24, 2.45) is 0 Å². The van der Waals surface area contributed by atoms with Crippen LogP contribution < -0.4 is 14.8 Å². The number of nitrogens with one attached hydrogen (secondary N) is 1. The quantitative estimate of drug-likeness (QED) is 0.548. The number of nitrogens with zero attached hydrogens (tertiary/aromatic N) is 2. The van der Waals surface area contributed by atoms with E-state index < -0.39 is 0 Å². The van der Waals surface area contributed by atoms with Gasteiger partial charge in [-0.05, 0) is 24.3 Å². The molecule has 148 valence electrons. The standard InChI is InChI=1S/C24H19N3O3/c28-24(20-12-7-13-21-23(20)30-16-29-21)25-14-18-15-27(19-10-5-2-6-11-19)26-22(18)17-8-3-1-4-9-17/h1-13,15H,14,16H2,(H,25,28). The summed E-state index contributed by atoms with van der Waals surface area (Å²) in [5, 5.41) is 7.77. The fraction of sp³-hybridized carbons (Fsp3) is 0.0833. The van der Waals surface area contributed by atoms with Gasteiger partial charge in [-0.1, -0.05) is 54.6 Å². The predicted molar refractivity (Wildman–Crippen MR) is 113 cm³/mol. The number of hydrogen-bond donors (Lipinski definition) is 1. The molecule has 0 unspecified atom stereocenters. The van der Waals surface area contributed by atoms with Crippen LogP contribution in [0.4, 0.5) is 0 Å². The topological polar surface area (TPSA) is 65.4 Å². The third kappa shape index (κ3) is 3.39. The van der Waals surface area contributed by atoms with Crippen molar-refractivity contribution in [2.75, 3.05) is 6.79 Å². The van der Waals surface area contributed by atoms with E-state index in [1.165, 1.54) is 0 Å². The number of fused-ring (bicyclic) bond motifs is 1. The second-order valence-electron chi connectivity index (χ2n) is 6.87. The lowest BCUT2D eigenvalue weighted by Crippen LogP contribution is -2.23. The first kappa shape index (κ1) is 18.0. The molecule has 0 saturated carbocycles. The van der Waals surface area contributed by atoms with Crippen molar-refractivity contribution in [1.29, 1.82) is 0 Å². The largest absolute Gasteiger partial charge is 0.454 e. The number of hydrogen-bond acceptors (Lipinski definition) is 4. The van der Waals surface area contributed by atoms with Crippen LogP contribution in [-0.2, 0) is 6.54 Å². The third-order valence-corrected chi connectivity index (χ3v) is 4.94. The average molecular weight is 397 g/mol. The predicted octanol–water partition coefficient (Wildman–Crippen LogP) is 4.20. The number of aromatic nitrogens is 2. The first-order valence-corrected chi connectivity index (χ1v) is 9.66. The SMILES string of the molecule is O=C(NCc1cn(-c2ccccc2)nc1-c1ccccc1)c1cccc2c1OCO2. The number of rotatable bonds is 5. The molecule has 1 aliphatic heterocycles. The highest BCUT2D eigenvalue weighted by Crippen LogP contribution is 2.35. The maximum absolute atomic E-state index is 12.8. The van der Waals surface area contributed by atoms with Crippen molar-refractivity contribution in [1.82, 2.24) is 15.1 Å². The van der Waals surface area contributed by atoms with Crippen LogP contribution in [0.3, 0.4) is 0 Å². The second kappa shape index (κ2) is 7.75. The molecule has 0 bridgehead atoms. The van der Waals surface area contributed by atoms with E-state index in [-0.39, 0.29) is 12.7 Å². The van der Waals surface area contributed by atoms with E-state index >= 15 is 0 Å². The van der Waals surface area contributed by atoms with Gasteiger partial charge in [0.1, 0.15) is 0 Å².